The number of hydrogen-bond donors (Lipinski definition) is 6. The summed E-state index contributed by atoms with van der Waals surface area (Å²) in [5, 5.41) is 0. The standard InChI is InChI=1S/Ca.3H2O4S.3H2O.2H/c;3*1-5(2,3)4;;;;;/h;3*(H2,1,2,3,4);3*1H2;;. The molecule has 0 heterocycles. The van der Waals surface area contributed by atoms with Crippen LogP contribution in [0.5, 0.6) is 0 Å². The van der Waals surface area contributed by atoms with E-state index in [0.717, 1.165) is 0 Å². The molecule has 19 heavy (non-hydrogen) atoms. The van der Waals surface area contributed by atoms with Gasteiger partial charge in [-0.05, 0) is 0 Å². The van der Waals surface area contributed by atoms with Crippen LogP contribution in [0.3, 0.4) is 0 Å². The Labute approximate surface area is 137 Å². The van der Waals surface area contributed by atoms with Gasteiger partial charge in [0.2, 0.25) is 0 Å². The van der Waals surface area contributed by atoms with Crippen molar-refractivity contribution >= 4 is 68.9 Å². The maximum atomic E-state index is 8.74. The third-order valence-electron chi connectivity index (χ3n) is 0. The molecular weight excluding hydrogens is 376 g/mol. The van der Waals surface area contributed by atoms with Crippen LogP contribution in [0.1, 0.15) is 0 Å². The van der Waals surface area contributed by atoms with E-state index in [1.165, 1.54) is 0 Å². The molecule has 0 aromatic carbocycles. The average molecular weight is 390 g/mol. The summed E-state index contributed by atoms with van der Waals surface area (Å²) in [5.41, 5.74) is 0. The van der Waals surface area contributed by atoms with Gasteiger partial charge in [-0.3, -0.25) is 27.3 Å². The Morgan fingerprint density at radius 1 is 0.421 bits per heavy atom. The maximum absolute atomic E-state index is 8.74. The summed E-state index contributed by atoms with van der Waals surface area (Å²) < 4.78 is 94.8. The molecule has 0 rings (SSSR count). The molecule has 0 aromatic heterocycles. The summed E-state index contributed by atoms with van der Waals surface area (Å²) in [7, 11) is -14.0. The van der Waals surface area contributed by atoms with Crippen molar-refractivity contribution in [3.8, 4) is 0 Å². The molecule has 12 N–H and O–H groups in total. The van der Waals surface area contributed by atoms with Gasteiger partial charge in [0.15, 0.2) is 0 Å². The van der Waals surface area contributed by atoms with E-state index in [9.17, 15) is 0 Å². The number of rotatable bonds is 0. The molecule has 0 spiro atoms. The molecule has 0 unspecified atom stereocenters. The van der Waals surface area contributed by atoms with Crippen molar-refractivity contribution in [1.29, 1.82) is 0 Å². The van der Waals surface area contributed by atoms with Crippen LogP contribution >= 0.6 is 0 Å². The molecule has 0 saturated carbocycles. The van der Waals surface area contributed by atoms with Crippen molar-refractivity contribution in [2.75, 3.05) is 0 Å². The Hall–Kier alpha value is 0.750. The molecule has 0 fully saturated rings. The van der Waals surface area contributed by atoms with E-state index >= 15 is 0 Å². The molecule has 0 saturated heterocycles. The van der Waals surface area contributed by atoms with Gasteiger partial charge in [0, 0.05) is 0 Å². The van der Waals surface area contributed by atoms with Crippen LogP contribution < -0.4 is 0 Å². The predicted octanol–water partition coefficient (Wildman–Crippen LogP) is -5.35. The number of hydrogen-bond acceptors (Lipinski definition) is 6. The fourth-order valence-electron chi connectivity index (χ4n) is 0. The molecule has 0 aliphatic heterocycles. The fraction of sp³-hybridized carbons (Fsp3) is 0. The van der Waals surface area contributed by atoms with Crippen molar-refractivity contribution in [3.63, 3.8) is 0 Å². The van der Waals surface area contributed by atoms with E-state index in [0.29, 0.717) is 0 Å². The Morgan fingerprint density at radius 2 is 0.421 bits per heavy atom. The first-order valence-electron chi connectivity index (χ1n) is 2.10. The third-order valence-corrected chi connectivity index (χ3v) is 0. The zero-order valence-corrected chi connectivity index (χ0v) is 10.3. The molecule has 0 amide bonds. The SMILES string of the molecule is O.O.O.O=S(=O)(O)O.O=S(=O)(O)O.O=S(=O)(O)O.[CaH2]. The summed E-state index contributed by atoms with van der Waals surface area (Å²) in [4.78, 5) is 0. The molecule has 0 aliphatic carbocycles. The van der Waals surface area contributed by atoms with Crippen LogP contribution in [0, 0.1) is 0 Å². The second-order valence-corrected chi connectivity index (χ2v) is 4.03. The summed E-state index contributed by atoms with van der Waals surface area (Å²) in [6.45, 7) is 0. The normalized spacial score (nSPS) is 9.16. The van der Waals surface area contributed by atoms with Crippen LogP contribution in [-0.2, 0) is 31.2 Å². The molecule has 0 radical (unpaired) electrons. The monoisotopic (exact) mass is 390 g/mol. The topological polar surface area (TPSA) is 318 Å². The first-order chi connectivity index (χ1) is 6.00. The van der Waals surface area contributed by atoms with E-state index in [4.69, 9.17) is 52.6 Å². The van der Waals surface area contributed by atoms with Gasteiger partial charge in [-0.25, -0.2) is 0 Å². The molecule has 0 atom stereocenters. The molecule has 19 heteroatoms. The van der Waals surface area contributed by atoms with Crippen molar-refractivity contribution in [2.24, 2.45) is 0 Å². The van der Waals surface area contributed by atoms with Crippen LogP contribution in [0.4, 0.5) is 0 Å². The van der Waals surface area contributed by atoms with E-state index in [1.807, 2.05) is 0 Å². The van der Waals surface area contributed by atoms with Gasteiger partial charge in [-0.2, -0.15) is 25.3 Å². The van der Waals surface area contributed by atoms with E-state index in [-0.39, 0.29) is 54.2 Å². The average Bonchev–Trinajstić information content (AvgIpc) is 1.41. The molecule has 15 nitrogen and oxygen atoms in total. The Kier molecular flexibility index (Phi) is 37.8. The first kappa shape index (κ1) is 42.7. The molecular formula is H14CaO15S3. The van der Waals surface area contributed by atoms with Gasteiger partial charge in [-0.1, -0.05) is 0 Å². The van der Waals surface area contributed by atoms with Gasteiger partial charge in [0.05, 0.1) is 0 Å². The summed E-state index contributed by atoms with van der Waals surface area (Å²) in [6, 6.07) is 0. The zero-order chi connectivity index (χ0) is 13.5. The molecule has 0 aliphatic rings. The Bertz CT molecular complexity index is 338. The van der Waals surface area contributed by atoms with Crippen molar-refractivity contribution in [2.45, 2.75) is 0 Å². The minimum atomic E-state index is -4.67. The van der Waals surface area contributed by atoms with Crippen molar-refractivity contribution in [3.05, 3.63) is 0 Å². The van der Waals surface area contributed by atoms with Gasteiger partial charge in [-0.15, -0.1) is 0 Å². The van der Waals surface area contributed by atoms with E-state index in [1.54, 1.807) is 0 Å². The second kappa shape index (κ2) is 16.8. The quantitative estimate of drug-likeness (QED) is 0.167. The predicted molar refractivity (Wildman–Crippen MR) is 61.9 cm³/mol. The van der Waals surface area contributed by atoms with Crippen molar-refractivity contribution < 1.29 is 69.0 Å². The van der Waals surface area contributed by atoms with E-state index < -0.39 is 31.2 Å². The minimum absolute atomic E-state index is 0. The van der Waals surface area contributed by atoms with Gasteiger partial charge in [0.25, 0.3) is 0 Å². The van der Waals surface area contributed by atoms with Gasteiger partial charge in [0.1, 0.15) is 0 Å². The Balaban J connectivity index is -0.0000000206. The van der Waals surface area contributed by atoms with Crippen LogP contribution in [-0.4, -0.2) is 107 Å². The summed E-state index contributed by atoms with van der Waals surface area (Å²) in [5.74, 6) is 0. The van der Waals surface area contributed by atoms with E-state index in [2.05, 4.69) is 0 Å². The van der Waals surface area contributed by atoms with Gasteiger partial charge < -0.3 is 16.4 Å². The van der Waals surface area contributed by atoms with Gasteiger partial charge >= 0.3 is 68.9 Å². The first-order valence-corrected chi connectivity index (χ1v) is 6.29. The molecule has 0 aromatic rings. The van der Waals surface area contributed by atoms with Crippen LogP contribution in [0.15, 0.2) is 0 Å². The molecule has 0 bridgehead atoms. The summed E-state index contributed by atoms with van der Waals surface area (Å²) in [6.07, 6.45) is 0. The Morgan fingerprint density at radius 3 is 0.421 bits per heavy atom. The summed E-state index contributed by atoms with van der Waals surface area (Å²) >= 11 is 0. The fourth-order valence-corrected chi connectivity index (χ4v) is 0. The van der Waals surface area contributed by atoms with Crippen LogP contribution in [0.2, 0.25) is 0 Å². The third kappa shape index (κ3) is 9360. The zero-order valence-electron chi connectivity index (χ0n) is 7.86. The molecule has 124 valence electrons. The van der Waals surface area contributed by atoms with Crippen molar-refractivity contribution in [1.82, 2.24) is 0 Å². The van der Waals surface area contributed by atoms with Crippen LogP contribution in [0.25, 0.3) is 0 Å². The second-order valence-electron chi connectivity index (χ2n) is 1.34.